The van der Waals surface area contributed by atoms with E-state index < -0.39 is 22.4 Å². The van der Waals surface area contributed by atoms with Crippen molar-refractivity contribution >= 4 is 75.5 Å². The van der Waals surface area contributed by atoms with Crippen LogP contribution in [-0.4, -0.2) is 124 Å². The summed E-state index contributed by atoms with van der Waals surface area (Å²) in [5, 5.41) is 48.6. The van der Waals surface area contributed by atoms with Crippen molar-refractivity contribution in [3.8, 4) is 0 Å². The Balaban J connectivity index is -0.000000152. The zero-order chi connectivity index (χ0) is 50.2. The van der Waals surface area contributed by atoms with Crippen LogP contribution in [0.5, 0.6) is 0 Å². The Morgan fingerprint density at radius 2 is 0.444 bits per heavy atom. The van der Waals surface area contributed by atoms with Gasteiger partial charge in [0.25, 0.3) is 0 Å². The molecule has 2 fully saturated rings. The Morgan fingerprint density at radius 3 is 0.492 bits per heavy atom. The predicted octanol–water partition coefficient (Wildman–Crippen LogP) is 11.6. The van der Waals surface area contributed by atoms with Gasteiger partial charge in [0.05, 0.1) is 0 Å². The number of rotatable bonds is 0. The van der Waals surface area contributed by atoms with E-state index in [1.807, 2.05) is 184 Å². The Hall–Kier alpha value is 1.50. The molecule has 0 unspecified atom stereocenters. The fourth-order valence-electron chi connectivity index (χ4n) is 6.05. The van der Waals surface area contributed by atoms with Gasteiger partial charge < -0.3 is 29.9 Å². The van der Waals surface area contributed by atoms with Crippen molar-refractivity contribution in [2.24, 2.45) is 43.3 Å². The molecule has 3 rings (SSSR count). The molecule has 1 aromatic rings. The van der Waals surface area contributed by atoms with Crippen molar-refractivity contribution in [3.63, 3.8) is 0 Å². The Morgan fingerprint density at radius 1 is 0.302 bits per heavy atom. The Labute approximate surface area is 455 Å². The van der Waals surface area contributed by atoms with Crippen molar-refractivity contribution in [3.05, 3.63) is 35.9 Å². The second-order valence-electron chi connectivity index (χ2n) is 26.4. The molecule has 0 aliphatic carbocycles. The zero-order valence-electron chi connectivity index (χ0n) is 47.9. The Kier molecular flexibility index (Phi) is 35.7. The van der Waals surface area contributed by atoms with E-state index in [-0.39, 0.29) is 119 Å². The van der Waals surface area contributed by atoms with Gasteiger partial charge in [-0.05, 0) is 75.9 Å². The summed E-state index contributed by atoms with van der Waals surface area (Å²) in [7, 11) is 0. The molecule has 2 aliphatic rings. The molecule has 8 heteroatoms. The molecule has 6 nitrogen and oxygen atoms in total. The van der Waals surface area contributed by atoms with Crippen molar-refractivity contribution in [1.82, 2.24) is 0 Å². The number of ether oxygens (including phenoxy) is 2. The predicted molar refractivity (Wildman–Crippen MR) is 272 cm³/mol. The van der Waals surface area contributed by atoms with E-state index >= 15 is 0 Å². The molecule has 0 aromatic heterocycles. The van der Waals surface area contributed by atoms with E-state index in [1.165, 1.54) is 31.2 Å². The second-order valence-corrected chi connectivity index (χ2v) is 26.4. The van der Waals surface area contributed by atoms with Crippen molar-refractivity contribution < 1.29 is 29.9 Å². The summed E-state index contributed by atoms with van der Waals surface area (Å²) in [5.74, 6) is 0. The van der Waals surface area contributed by atoms with Crippen LogP contribution in [0.3, 0.4) is 0 Å². The van der Waals surface area contributed by atoms with Gasteiger partial charge in [0.1, 0.15) is 0 Å². The van der Waals surface area contributed by atoms with Crippen LogP contribution in [0.2, 0.25) is 0 Å². The molecule has 0 atom stereocenters. The number of aryl methyl sites for hydroxylation is 1. The van der Waals surface area contributed by atoms with Gasteiger partial charge in [-0.3, -0.25) is 0 Å². The SMILES string of the molecule is C1CCOC1.C1CCOC1.CC(C)(C)C(C)([O-])C(C)(C)C.CC(C)(C)C(C)([O-])C(C)(C)C.CC(C)(C)C(C)([O-])C(C)(C)C.CC(C)(C)C(C)([O-])C(C)(C)C.Cc1ccccc1.[Ca+2].[Ca+2]. The van der Waals surface area contributed by atoms with Crippen LogP contribution in [0.1, 0.15) is 225 Å². The van der Waals surface area contributed by atoms with E-state index in [9.17, 15) is 20.4 Å². The molecule has 0 spiro atoms. The second kappa shape index (κ2) is 29.6. The standard InChI is InChI=1S/4C10H21O.C7H8.2C4H8O.2Ca/c4*1-8(2,3)10(7,11)9(4,5)6;1-7-5-3-2-4-6-7;2*1-2-4-5-3-1;;/h4*1-7H3;2-6H,1H3;2*1-4H2;;/q4*-1;;;;2*+2. The summed E-state index contributed by atoms with van der Waals surface area (Å²) >= 11 is 0. The van der Waals surface area contributed by atoms with Gasteiger partial charge in [-0.1, -0.05) is 230 Å². The molecule has 368 valence electrons. The molecular weight excluding hydrogens is 837 g/mol. The van der Waals surface area contributed by atoms with Crippen LogP contribution in [0, 0.1) is 50.2 Å². The van der Waals surface area contributed by atoms with E-state index in [0.717, 1.165) is 26.4 Å². The van der Waals surface area contributed by atoms with Crippen LogP contribution in [-0.2, 0) is 9.47 Å². The molecular formula is C55H108Ca2O6. The first-order valence-electron chi connectivity index (χ1n) is 23.4. The molecule has 0 N–H and O–H groups in total. The molecule has 2 saturated heterocycles. The monoisotopic (exact) mass is 945 g/mol. The van der Waals surface area contributed by atoms with Crippen molar-refractivity contribution in [2.45, 2.75) is 249 Å². The number of benzene rings is 1. The average molecular weight is 946 g/mol. The molecule has 2 aliphatic heterocycles. The van der Waals surface area contributed by atoms with Gasteiger partial charge in [0.2, 0.25) is 0 Å². The van der Waals surface area contributed by atoms with Gasteiger partial charge in [0.15, 0.2) is 0 Å². The topological polar surface area (TPSA) is 111 Å². The summed E-state index contributed by atoms with van der Waals surface area (Å²) in [6.45, 7) is 61.4. The van der Waals surface area contributed by atoms with Gasteiger partial charge in [-0.25, -0.2) is 0 Å². The third-order valence-electron chi connectivity index (χ3n) is 14.0. The number of hydrogen-bond acceptors (Lipinski definition) is 6. The van der Waals surface area contributed by atoms with Crippen LogP contribution in [0.25, 0.3) is 0 Å². The first-order valence-corrected chi connectivity index (χ1v) is 23.4. The van der Waals surface area contributed by atoms with Gasteiger partial charge in [-0.15, -0.1) is 22.4 Å². The molecule has 1 aromatic carbocycles. The van der Waals surface area contributed by atoms with Crippen molar-refractivity contribution in [1.29, 1.82) is 0 Å². The summed E-state index contributed by atoms with van der Waals surface area (Å²) in [5.41, 5.74) is -3.58. The molecule has 2 heterocycles. The van der Waals surface area contributed by atoms with Gasteiger partial charge in [0, 0.05) is 26.4 Å². The first-order chi connectivity index (χ1) is 26.4. The van der Waals surface area contributed by atoms with Gasteiger partial charge >= 0.3 is 75.5 Å². The average Bonchev–Trinajstić information content (AvgIpc) is 3.79. The third-order valence-corrected chi connectivity index (χ3v) is 14.0. The summed E-state index contributed by atoms with van der Waals surface area (Å²) in [6.07, 6.45) is 5.11. The normalized spacial score (nSPS) is 15.4. The summed E-state index contributed by atoms with van der Waals surface area (Å²) < 4.78 is 9.89. The maximum Gasteiger partial charge on any atom is 2.00 e. The van der Waals surface area contributed by atoms with E-state index in [1.54, 1.807) is 27.7 Å². The quantitative estimate of drug-likeness (QED) is 0.240. The van der Waals surface area contributed by atoms with E-state index in [4.69, 9.17) is 9.47 Å². The molecule has 0 amide bonds. The minimum Gasteiger partial charge on any atom is -0.849 e. The fraction of sp³-hybridized carbons (Fsp3) is 0.891. The van der Waals surface area contributed by atoms with Crippen LogP contribution in [0.4, 0.5) is 0 Å². The fourth-order valence-corrected chi connectivity index (χ4v) is 6.05. The van der Waals surface area contributed by atoms with Crippen LogP contribution < -0.4 is 20.4 Å². The number of hydrogen-bond donors (Lipinski definition) is 0. The zero-order valence-corrected chi connectivity index (χ0v) is 52.3. The summed E-state index contributed by atoms with van der Waals surface area (Å²) in [6, 6.07) is 10.3. The summed E-state index contributed by atoms with van der Waals surface area (Å²) in [4.78, 5) is 0. The van der Waals surface area contributed by atoms with Crippen LogP contribution in [0.15, 0.2) is 30.3 Å². The minimum atomic E-state index is -0.875. The maximum absolute atomic E-state index is 12.1. The van der Waals surface area contributed by atoms with E-state index in [0.29, 0.717) is 0 Å². The molecule has 0 radical (unpaired) electrons. The minimum absolute atomic E-state index is 0. The Bertz CT molecular complexity index is 1020. The largest absolute Gasteiger partial charge is 2.00 e. The van der Waals surface area contributed by atoms with Crippen LogP contribution >= 0.6 is 0 Å². The molecule has 0 bridgehead atoms. The maximum atomic E-state index is 12.1. The third kappa shape index (κ3) is 28.7. The van der Waals surface area contributed by atoms with Crippen molar-refractivity contribution in [2.75, 3.05) is 26.4 Å². The molecule has 63 heavy (non-hydrogen) atoms. The first kappa shape index (κ1) is 76.0. The van der Waals surface area contributed by atoms with Gasteiger partial charge in [-0.2, -0.15) is 0 Å². The smallest absolute Gasteiger partial charge is 0.849 e. The molecule has 0 saturated carbocycles. The van der Waals surface area contributed by atoms with E-state index in [2.05, 4.69) is 19.1 Å².